The molecule has 1 aliphatic heterocycles. The van der Waals surface area contributed by atoms with Crippen molar-refractivity contribution in [3.05, 3.63) is 42.4 Å². The van der Waals surface area contributed by atoms with Crippen LogP contribution < -0.4 is 0 Å². The second kappa shape index (κ2) is 6.72. The van der Waals surface area contributed by atoms with Crippen molar-refractivity contribution >= 4 is 5.91 Å². The molecule has 0 saturated carbocycles. The molecule has 1 aliphatic rings. The van der Waals surface area contributed by atoms with E-state index in [9.17, 15) is 4.79 Å². The van der Waals surface area contributed by atoms with Crippen LogP contribution in [-0.4, -0.2) is 65.1 Å². The third-order valence-corrected chi connectivity index (χ3v) is 3.92. The van der Waals surface area contributed by atoms with Crippen molar-refractivity contribution in [1.29, 1.82) is 0 Å². The topological polar surface area (TPSA) is 69.8 Å². The van der Waals surface area contributed by atoms with Gasteiger partial charge in [0.15, 0.2) is 12.2 Å². The molecule has 0 unspecified atom stereocenters. The molecule has 0 aliphatic carbocycles. The summed E-state index contributed by atoms with van der Waals surface area (Å²) in [5, 5.41) is 8.94. The van der Waals surface area contributed by atoms with Crippen LogP contribution in [0.3, 0.4) is 0 Å². The number of aliphatic hydroxyl groups excluding tert-OH is 1. The lowest BCUT2D eigenvalue weighted by atomic mass is 10.1. The molecule has 116 valence electrons. The summed E-state index contributed by atoms with van der Waals surface area (Å²) in [4.78, 5) is 20.4. The zero-order chi connectivity index (χ0) is 15.4. The van der Waals surface area contributed by atoms with E-state index in [2.05, 4.69) is 9.88 Å². The van der Waals surface area contributed by atoms with Crippen LogP contribution in [0.15, 0.2) is 41.3 Å². The summed E-state index contributed by atoms with van der Waals surface area (Å²) in [6.45, 7) is 3.85. The zero-order valence-electron chi connectivity index (χ0n) is 12.3. The van der Waals surface area contributed by atoms with Gasteiger partial charge in [-0.25, -0.2) is 4.98 Å². The molecule has 0 atom stereocenters. The molecular weight excluding hydrogens is 282 g/mol. The van der Waals surface area contributed by atoms with E-state index >= 15 is 0 Å². The average molecular weight is 301 g/mol. The standard InChI is InChI=1S/C16H19N3O3/c20-10-9-18-5-7-19(8-6-18)16(21)14-3-1-13(2-4-14)15-11-17-12-22-15/h1-4,11-12,20H,5-10H2. The van der Waals surface area contributed by atoms with E-state index in [1.165, 1.54) is 6.39 Å². The molecule has 1 saturated heterocycles. The third-order valence-electron chi connectivity index (χ3n) is 3.92. The summed E-state index contributed by atoms with van der Waals surface area (Å²) in [5.41, 5.74) is 1.58. The highest BCUT2D eigenvalue weighted by molar-refractivity contribution is 5.94. The number of carbonyl (C=O) groups excluding carboxylic acids is 1. The van der Waals surface area contributed by atoms with Crippen LogP contribution in [0.1, 0.15) is 10.4 Å². The van der Waals surface area contributed by atoms with Gasteiger partial charge in [-0.15, -0.1) is 0 Å². The third kappa shape index (κ3) is 3.18. The normalized spacial score (nSPS) is 16.0. The molecule has 0 radical (unpaired) electrons. The lowest BCUT2D eigenvalue weighted by Gasteiger charge is -2.34. The molecule has 22 heavy (non-hydrogen) atoms. The highest BCUT2D eigenvalue weighted by atomic mass is 16.3. The van der Waals surface area contributed by atoms with Crippen molar-refractivity contribution in [3.63, 3.8) is 0 Å². The summed E-state index contributed by atoms with van der Waals surface area (Å²) in [7, 11) is 0. The second-order valence-electron chi connectivity index (χ2n) is 5.30. The molecule has 1 aromatic heterocycles. The lowest BCUT2D eigenvalue weighted by Crippen LogP contribution is -2.49. The molecule has 1 aromatic carbocycles. The number of hydrogen-bond acceptors (Lipinski definition) is 5. The largest absolute Gasteiger partial charge is 0.444 e. The first-order valence-electron chi connectivity index (χ1n) is 7.39. The smallest absolute Gasteiger partial charge is 0.253 e. The number of rotatable bonds is 4. The summed E-state index contributed by atoms with van der Waals surface area (Å²) >= 11 is 0. The predicted octanol–water partition coefficient (Wildman–Crippen LogP) is 1.09. The molecule has 0 spiro atoms. The second-order valence-corrected chi connectivity index (χ2v) is 5.30. The van der Waals surface area contributed by atoms with Gasteiger partial charge in [0, 0.05) is 43.9 Å². The van der Waals surface area contributed by atoms with Crippen LogP contribution in [0, 0.1) is 0 Å². The van der Waals surface area contributed by atoms with Crippen molar-refractivity contribution in [3.8, 4) is 11.3 Å². The first-order chi connectivity index (χ1) is 10.8. The van der Waals surface area contributed by atoms with Gasteiger partial charge in [0.25, 0.3) is 5.91 Å². The molecule has 2 aromatic rings. The van der Waals surface area contributed by atoms with Crippen LogP contribution in [0.2, 0.25) is 0 Å². The quantitative estimate of drug-likeness (QED) is 0.915. The average Bonchev–Trinajstić information content (AvgIpc) is 3.10. The summed E-state index contributed by atoms with van der Waals surface area (Å²) < 4.78 is 5.24. The highest BCUT2D eigenvalue weighted by Gasteiger charge is 2.21. The molecule has 0 bridgehead atoms. The number of β-amino-alcohol motifs (C(OH)–C–C–N with tert-alkyl or cyclic N) is 1. The van der Waals surface area contributed by atoms with E-state index in [-0.39, 0.29) is 12.5 Å². The Kier molecular flexibility index (Phi) is 4.50. The first kappa shape index (κ1) is 14.7. The van der Waals surface area contributed by atoms with Gasteiger partial charge in [-0.3, -0.25) is 9.69 Å². The molecule has 6 nitrogen and oxygen atoms in total. The van der Waals surface area contributed by atoms with Crippen molar-refractivity contribution in [1.82, 2.24) is 14.8 Å². The van der Waals surface area contributed by atoms with E-state index in [1.54, 1.807) is 6.20 Å². The number of aromatic nitrogens is 1. The van der Waals surface area contributed by atoms with Crippen molar-refractivity contribution in [2.45, 2.75) is 0 Å². The number of amides is 1. The molecule has 1 fully saturated rings. The Hall–Kier alpha value is -2.18. The highest BCUT2D eigenvalue weighted by Crippen LogP contribution is 2.19. The fourth-order valence-electron chi connectivity index (χ4n) is 2.63. The van der Waals surface area contributed by atoms with E-state index < -0.39 is 0 Å². The summed E-state index contributed by atoms with van der Waals surface area (Å²) in [6, 6.07) is 7.38. The lowest BCUT2D eigenvalue weighted by molar-refractivity contribution is 0.0615. The molecule has 1 N–H and O–H groups in total. The molecule has 1 amide bonds. The number of benzene rings is 1. The Morgan fingerprint density at radius 2 is 1.91 bits per heavy atom. The van der Waals surface area contributed by atoms with Crippen molar-refractivity contribution in [2.75, 3.05) is 39.3 Å². The number of aliphatic hydroxyl groups is 1. The minimum Gasteiger partial charge on any atom is -0.444 e. The van der Waals surface area contributed by atoms with Crippen LogP contribution >= 0.6 is 0 Å². The van der Waals surface area contributed by atoms with Gasteiger partial charge in [0.2, 0.25) is 0 Å². The van der Waals surface area contributed by atoms with Crippen LogP contribution in [0.5, 0.6) is 0 Å². The predicted molar refractivity (Wildman–Crippen MR) is 81.4 cm³/mol. The fraction of sp³-hybridized carbons (Fsp3) is 0.375. The Morgan fingerprint density at radius 3 is 2.50 bits per heavy atom. The minimum absolute atomic E-state index is 0.0489. The van der Waals surface area contributed by atoms with Gasteiger partial charge >= 0.3 is 0 Å². The number of nitrogens with zero attached hydrogens (tertiary/aromatic N) is 3. The van der Waals surface area contributed by atoms with Gasteiger partial charge in [-0.2, -0.15) is 0 Å². The Bertz CT molecular complexity index is 602. The fourth-order valence-corrected chi connectivity index (χ4v) is 2.63. The van der Waals surface area contributed by atoms with Gasteiger partial charge in [0.05, 0.1) is 12.8 Å². The molecular formula is C16H19N3O3. The van der Waals surface area contributed by atoms with E-state index in [1.807, 2.05) is 29.2 Å². The summed E-state index contributed by atoms with van der Waals surface area (Å²) in [6.07, 6.45) is 3.04. The zero-order valence-corrected chi connectivity index (χ0v) is 12.3. The number of carbonyl (C=O) groups is 1. The van der Waals surface area contributed by atoms with Crippen LogP contribution in [-0.2, 0) is 0 Å². The first-order valence-corrected chi connectivity index (χ1v) is 7.39. The number of hydrogen-bond donors (Lipinski definition) is 1. The monoisotopic (exact) mass is 301 g/mol. The van der Waals surface area contributed by atoms with Crippen LogP contribution in [0.25, 0.3) is 11.3 Å². The van der Waals surface area contributed by atoms with Gasteiger partial charge in [0.1, 0.15) is 0 Å². The maximum absolute atomic E-state index is 12.5. The van der Waals surface area contributed by atoms with Crippen molar-refractivity contribution < 1.29 is 14.3 Å². The number of oxazole rings is 1. The van der Waals surface area contributed by atoms with E-state index in [4.69, 9.17) is 9.52 Å². The molecule has 3 rings (SSSR count). The summed E-state index contributed by atoms with van der Waals surface area (Å²) in [5.74, 6) is 0.740. The van der Waals surface area contributed by atoms with Gasteiger partial charge in [-0.1, -0.05) is 12.1 Å². The maximum Gasteiger partial charge on any atom is 0.253 e. The van der Waals surface area contributed by atoms with Crippen molar-refractivity contribution in [2.24, 2.45) is 0 Å². The molecule has 2 heterocycles. The Morgan fingerprint density at radius 1 is 1.18 bits per heavy atom. The maximum atomic E-state index is 12.5. The van der Waals surface area contributed by atoms with Gasteiger partial charge < -0.3 is 14.4 Å². The molecule has 6 heteroatoms. The van der Waals surface area contributed by atoms with Gasteiger partial charge in [-0.05, 0) is 12.1 Å². The Labute approximate surface area is 129 Å². The Balaban J connectivity index is 1.63. The van der Waals surface area contributed by atoms with Crippen LogP contribution in [0.4, 0.5) is 0 Å². The minimum atomic E-state index is 0.0489. The number of piperazine rings is 1. The van der Waals surface area contributed by atoms with E-state index in [0.717, 1.165) is 18.7 Å². The van der Waals surface area contributed by atoms with E-state index in [0.29, 0.717) is 31.0 Å². The SMILES string of the molecule is O=C(c1ccc(-c2cnco2)cc1)N1CCN(CCO)CC1.